The Morgan fingerprint density at radius 2 is 1.94 bits per heavy atom. The van der Waals surface area contributed by atoms with Crippen LogP contribution in [0.3, 0.4) is 0 Å². The van der Waals surface area contributed by atoms with Crippen molar-refractivity contribution in [2.75, 3.05) is 13.1 Å². The summed E-state index contributed by atoms with van der Waals surface area (Å²) in [6.45, 7) is 4.91. The van der Waals surface area contributed by atoms with Gasteiger partial charge in [0.15, 0.2) is 0 Å². The number of halogens is 3. The fourth-order valence-corrected chi connectivity index (χ4v) is 5.07. The molecule has 1 aliphatic heterocycles. The molecule has 0 spiro atoms. The Kier molecular flexibility index (Phi) is 6.34. The molecule has 36 heavy (non-hydrogen) atoms. The van der Waals surface area contributed by atoms with Crippen LogP contribution >= 0.6 is 27.5 Å². The van der Waals surface area contributed by atoms with Gasteiger partial charge < -0.3 is 14.7 Å². The van der Waals surface area contributed by atoms with Crippen molar-refractivity contribution in [2.24, 2.45) is 7.05 Å². The van der Waals surface area contributed by atoms with Gasteiger partial charge in [0.2, 0.25) is 5.78 Å². The monoisotopic (exact) mass is 582 g/mol. The first-order chi connectivity index (χ1) is 16.6. The zero-order valence-corrected chi connectivity index (χ0v) is 22.0. The number of aliphatic hydroxyl groups is 1. The number of aryl methyl sites for hydroxylation is 1. The molecular formula is C23H21BrClFN4O6. The normalized spacial score (nSPS) is 15.1. The summed E-state index contributed by atoms with van der Waals surface area (Å²) in [7, 11) is 1.53. The third-order valence-corrected chi connectivity index (χ3v) is 6.74. The van der Waals surface area contributed by atoms with E-state index in [1.165, 1.54) is 22.7 Å². The van der Waals surface area contributed by atoms with Crippen LogP contribution in [-0.4, -0.2) is 55.3 Å². The molecule has 0 unspecified atom stereocenters. The average molecular weight is 584 g/mol. The number of amides is 1. The maximum Gasteiger partial charge on any atom is 0.410 e. The fourth-order valence-electron chi connectivity index (χ4n) is 4.19. The van der Waals surface area contributed by atoms with Crippen molar-refractivity contribution in [2.45, 2.75) is 32.0 Å². The summed E-state index contributed by atoms with van der Waals surface area (Å²) in [4.78, 5) is 38.2. The number of ketones is 1. The second kappa shape index (κ2) is 8.79. The number of carbonyl (C=O) groups excluding carboxylic acids is 2. The van der Waals surface area contributed by atoms with Crippen LogP contribution in [-0.2, 0) is 17.4 Å². The summed E-state index contributed by atoms with van der Waals surface area (Å²) >= 11 is 9.33. The van der Waals surface area contributed by atoms with E-state index in [2.05, 4.69) is 21.0 Å². The Hall–Kier alpha value is -3.09. The van der Waals surface area contributed by atoms with Crippen LogP contribution in [0.4, 0.5) is 14.9 Å². The molecule has 1 fully saturated rings. The number of aromatic nitrogens is 2. The zero-order valence-electron chi connectivity index (χ0n) is 19.6. The van der Waals surface area contributed by atoms with E-state index in [4.69, 9.17) is 16.3 Å². The standard InChI is InChI=1S/C23H21BrClFN4O6/c1-22(2,3)36-21(32)29-9-23(33,10-29)20-13-8-15(30(34)35)16(17(24)18(13)27-28(20)4)19(31)12-7-11(26)5-6-14(12)25/h5-8,33H,9-10H2,1-4H3. The van der Waals surface area contributed by atoms with Crippen LogP contribution in [0.1, 0.15) is 42.4 Å². The van der Waals surface area contributed by atoms with E-state index in [0.717, 1.165) is 18.2 Å². The van der Waals surface area contributed by atoms with Gasteiger partial charge in [-0.15, -0.1) is 0 Å². The number of carbonyl (C=O) groups is 2. The van der Waals surface area contributed by atoms with E-state index in [1.54, 1.807) is 20.8 Å². The van der Waals surface area contributed by atoms with Gasteiger partial charge in [-0.2, -0.15) is 5.10 Å². The van der Waals surface area contributed by atoms with Gasteiger partial charge in [0.25, 0.3) is 5.69 Å². The topological polar surface area (TPSA) is 128 Å². The Balaban J connectivity index is 1.81. The molecule has 190 valence electrons. The van der Waals surface area contributed by atoms with E-state index >= 15 is 0 Å². The van der Waals surface area contributed by atoms with Crippen LogP contribution in [0.25, 0.3) is 10.9 Å². The molecule has 1 amide bonds. The molecule has 0 atom stereocenters. The number of nitro groups is 1. The summed E-state index contributed by atoms with van der Waals surface area (Å²) < 4.78 is 20.5. The van der Waals surface area contributed by atoms with Crippen molar-refractivity contribution in [3.05, 3.63) is 66.5 Å². The number of nitro benzene ring substituents is 1. The number of fused-ring (bicyclic) bond motifs is 1. The minimum Gasteiger partial charge on any atom is -0.444 e. The molecule has 1 N–H and O–H groups in total. The Morgan fingerprint density at radius 1 is 1.31 bits per heavy atom. The lowest BCUT2D eigenvalue weighted by Gasteiger charge is -2.46. The first-order valence-corrected chi connectivity index (χ1v) is 11.8. The Morgan fingerprint density at radius 3 is 2.53 bits per heavy atom. The number of likely N-dealkylation sites (tertiary alicyclic amines) is 1. The summed E-state index contributed by atoms with van der Waals surface area (Å²) in [5.74, 6) is -1.60. The maximum absolute atomic E-state index is 13.8. The van der Waals surface area contributed by atoms with E-state index in [-0.39, 0.29) is 50.3 Å². The second-order valence-corrected chi connectivity index (χ2v) is 10.7. The lowest BCUT2D eigenvalue weighted by Crippen LogP contribution is -2.62. The molecule has 0 bridgehead atoms. The lowest BCUT2D eigenvalue weighted by molar-refractivity contribution is -0.385. The number of benzene rings is 2. The zero-order chi connectivity index (χ0) is 26.7. The van der Waals surface area contributed by atoms with Gasteiger partial charge in [-0.25, -0.2) is 9.18 Å². The number of nitrogens with zero attached hydrogens (tertiary/aromatic N) is 4. The molecule has 1 aromatic heterocycles. The summed E-state index contributed by atoms with van der Waals surface area (Å²) in [5, 5.41) is 27.8. The highest BCUT2D eigenvalue weighted by molar-refractivity contribution is 9.10. The van der Waals surface area contributed by atoms with E-state index in [1.807, 2.05) is 0 Å². The highest BCUT2D eigenvalue weighted by atomic mass is 79.9. The molecule has 0 aliphatic carbocycles. The van der Waals surface area contributed by atoms with Crippen molar-refractivity contribution in [3.63, 3.8) is 0 Å². The van der Waals surface area contributed by atoms with Gasteiger partial charge >= 0.3 is 6.09 Å². The molecule has 1 saturated heterocycles. The molecule has 2 aromatic carbocycles. The molecule has 0 radical (unpaired) electrons. The summed E-state index contributed by atoms with van der Waals surface area (Å²) in [6.07, 6.45) is -0.606. The number of hydrogen-bond acceptors (Lipinski definition) is 7. The maximum atomic E-state index is 13.8. The molecule has 1 aliphatic rings. The summed E-state index contributed by atoms with van der Waals surface area (Å²) in [5.41, 5.74) is -3.08. The highest BCUT2D eigenvalue weighted by Crippen LogP contribution is 2.43. The van der Waals surface area contributed by atoms with Crippen LogP contribution in [0.5, 0.6) is 0 Å². The first kappa shape index (κ1) is 26.0. The predicted molar refractivity (Wildman–Crippen MR) is 132 cm³/mol. The van der Waals surface area contributed by atoms with Crippen LogP contribution in [0.15, 0.2) is 28.7 Å². The number of rotatable bonds is 4. The largest absolute Gasteiger partial charge is 0.444 e. The van der Waals surface area contributed by atoms with Crippen molar-refractivity contribution < 1.29 is 28.7 Å². The molecule has 0 saturated carbocycles. The second-order valence-electron chi connectivity index (χ2n) is 9.53. The third kappa shape index (κ3) is 4.44. The molecule has 4 rings (SSSR count). The van der Waals surface area contributed by atoms with Crippen LogP contribution in [0.2, 0.25) is 5.02 Å². The minimum atomic E-state index is -1.56. The minimum absolute atomic E-state index is 0.00852. The molecule has 10 nitrogen and oxygen atoms in total. The Labute approximate surface area is 217 Å². The first-order valence-electron chi connectivity index (χ1n) is 10.7. The van der Waals surface area contributed by atoms with Gasteiger partial charge in [-0.1, -0.05) is 11.6 Å². The van der Waals surface area contributed by atoms with Gasteiger partial charge in [0, 0.05) is 24.1 Å². The van der Waals surface area contributed by atoms with E-state index < -0.39 is 39.5 Å². The molecule has 13 heteroatoms. The van der Waals surface area contributed by atoms with Crippen LogP contribution < -0.4 is 0 Å². The van der Waals surface area contributed by atoms with Crippen LogP contribution in [0, 0.1) is 15.9 Å². The average Bonchev–Trinajstić information content (AvgIpc) is 3.08. The molecule has 3 aromatic rings. The van der Waals surface area contributed by atoms with Gasteiger partial charge in [0.05, 0.1) is 33.2 Å². The smallest absolute Gasteiger partial charge is 0.410 e. The van der Waals surface area contributed by atoms with Crippen molar-refractivity contribution in [1.29, 1.82) is 0 Å². The van der Waals surface area contributed by atoms with Crippen molar-refractivity contribution >= 4 is 56.0 Å². The number of ether oxygens (including phenoxy) is 1. The quantitative estimate of drug-likeness (QED) is 0.268. The van der Waals surface area contributed by atoms with Crippen molar-refractivity contribution in [3.8, 4) is 0 Å². The molecular weight excluding hydrogens is 563 g/mol. The fraction of sp³-hybridized carbons (Fsp3) is 0.348. The number of hydrogen-bond donors (Lipinski definition) is 1. The number of β-amino-alcohol motifs (C(OH)–C–C–N with tert-alkyl or cyclic N) is 1. The van der Waals surface area contributed by atoms with E-state index in [9.17, 15) is 29.2 Å². The van der Waals surface area contributed by atoms with Gasteiger partial charge in [0.1, 0.15) is 28.1 Å². The lowest BCUT2D eigenvalue weighted by atomic mass is 9.88. The van der Waals surface area contributed by atoms with Crippen molar-refractivity contribution in [1.82, 2.24) is 14.7 Å². The SMILES string of the molecule is Cn1nc2c(Br)c(C(=O)c3cc(F)ccc3Cl)c([N+](=O)[O-])cc2c1C1(O)CN(C(=O)OC(C)(C)C)C1. The molecule has 2 heterocycles. The van der Waals surface area contributed by atoms with Gasteiger partial charge in [-0.05, 0) is 54.9 Å². The Bertz CT molecular complexity index is 1440. The van der Waals surface area contributed by atoms with Gasteiger partial charge in [-0.3, -0.25) is 19.6 Å². The summed E-state index contributed by atoms with van der Waals surface area (Å²) in [6, 6.07) is 4.29. The van der Waals surface area contributed by atoms with E-state index in [0.29, 0.717) is 0 Å². The highest BCUT2D eigenvalue weighted by Gasteiger charge is 2.49. The predicted octanol–water partition coefficient (Wildman–Crippen LogP) is 4.71. The third-order valence-electron chi connectivity index (χ3n) is 5.64.